The van der Waals surface area contributed by atoms with Gasteiger partial charge in [0.1, 0.15) is 18.4 Å². The molecule has 2 aliphatic rings. The lowest BCUT2D eigenvalue weighted by Gasteiger charge is -2.34. The number of benzene rings is 1. The first kappa shape index (κ1) is 19.9. The van der Waals surface area contributed by atoms with Crippen molar-refractivity contribution in [1.82, 2.24) is 0 Å². The summed E-state index contributed by atoms with van der Waals surface area (Å²) >= 11 is 0. The SMILES string of the molecule is CCOC(=O)C1=C(N)OC2=C(C(=O)CC(c3ccccc3)C2)C1c1ccc[n+](C)c1. The minimum absolute atomic E-state index is 0.00483. The molecule has 0 amide bonds. The van der Waals surface area contributed by atoms with Crippen LogP contribution in [0.1, 0.15) is 42.7 Å². The Labute approximate surface area is 175 Å². The summed E-state index contributed by atoms with van der Waals surface area (Å²) in [7, 11) is 1.89. The van der Waals surface area contributed by atoms with Crippen molar-refractivity contribution < 1.29 is 23.6 Å². The van der Waals surface area contributed by atoms with E-state index in [2.05, 4.69) is 0 Å². The van der Waals surface area contributed by atoms with Gasteiger partial charge in [0, 0.05) is 30.0 Å². The maximum Gasteiger partial charge on any atom is 0.340 e. The highest BCUT2D eigenvalue weighted by atomic mass is 16.5. The van der Waals surface area contributed by atoms with E-state index in [1.165, 1.54) is 0 Å². The van der Waals surface area contributed by atoms with Crippen LogP contribution >= 0.6 is 0 Å². The number of aryl methyl sites for hydroxylation is 1. The molecule has 6 heteroatoms. The lowest BCUT2D eigenvalue weighted by Crippen LogP contribution is -2.35. The van der Waals surface area contributed by atoms with E-state index in [1.807, 2.05) is 66.5 Å². The molecule has 0 saturated carbocycles. The van der Waals surface area contributed by atoms with Crippen molar-refractivity contribution in [2.24, 2.45) is 12.8 Å². The van der Waals surface area contributed by atoms with Gasteiger partial charge < -0.3 is 15.2 Å². The average molecular weight is 405 g/mol. The summed E-state index contributed by atoms with van der Waals surface area (Å²) in [5, 5.41) is 0. The summed E-state index contributed by atoms with van der Waals surface area (Å²) < 4.78 is 13.0. The Kier molecular flexibility index (Phi) is 5.40. The molecule has 0 fully saturated rings. The summed E-state index contributed by atoms with van der Waals surface area (Å²) in [4.78, 5) is 26.1. The molecule has 154 valence electrons. The van der Waals surface area contributed by atoms with Crippen molar-refractivity contribution in [2.75, 3.05) is 6.61 Å². The molecule has 2 atom stereocenters. The molecule has 2 aromatic rings. The molecule has 1 aromatic heterocycles. The number of nitrogens with two attached hydrogens (primary N) is 1. The highest BCUT2D eigenvalue weighted by Gasteiger charge is 2.44. The van der Waals surface area contributed by atoms with Gasteiger partial charge in [-0.3, -0.25) is 4.79 Å². The van der Waals surface area contributed by atoms with Crippen LogP contribution in [-0.4, -0.2) is 18.4 Å². The Balaban J connectivity index is 1.81. The second-order valence-electron chi connectivity index (χ2n) is 7.61. The average Bonchev–Trinajstić information content (AvgIpc) is 2.73. The third-order valence-electron chi connectivity index (χ3n) is 5.60. The number of hydrogen-bond donors (Lipinski definition) is 1. The van der Waals surface area contributed by atoms with E-state index in [1.54, 1.807) is 6.92 Å². The number of aromatic nitrogens is 1. The van der Waals surface area contributed by atoms with Crippen LogP contribution in [0.5, 0.6) is 0 Å². The highest BCUT2D eigenvalue weighted by Crippen LogP contribution is 2.46. The number of esters is 1. The van der Waals surface area contributed by atoms with Crippen molar-refractivity contribution in [3.8, 4) is 0 Å². The normalized spacial score (nSPS) is 21.2. The van der Waals surface area contributed by atoms with Crippen LogP contribution in [0.4, 0.5) is 0 Å². The number of rotatable bonds is 4. The molecule has 2 unspecified atom stereocenters. The lowest BCUT2D eigenvalue weighted by atomic mass is 9.73. The molecule has 2 heterocycles. The van der Waals surface area contributed by atoms with E-state index in [0.29, 0.717) is 24.2 Å². The van der Waals surface area contributed by atoms with Gasteiger partial charge in [-0.15, -0.1) is 0 Å². The Morgan fingerprint density at radius 1 is 1.17 bits per heavy atom. The molecule has 1 aliphatic carbocycles. The number of carbonyl (C=O) groups is 2. The van der Waals surface area contributed by atoms with Crippen LogP contribution in [0.2, 0.25) is 0 Å². The molecule has 0 bridgehead atoms. The predicted octanol–water partition coefficient (Wildman–Crippen LogP) is 2.76. The van der Waals surface area contributed by atoms with Gasteiger partial charge in [-0.1, -0.05) is 30.3 Å². The number of allylic oxidation sites excluding steroid dienone is 2. The molecule has 1 aliphatic heterocycles. The number of nitrogens with zero attached hydrogens (tertiary/aromatic N) is 1. The second kappa shape index (κ2) is 8.14. The quantitative estimate of drug-likeness (QED) is 0.625. The number of ketones is 1. The molecule has 2 N–H and O–H groups in total. The van der Waals surface area contributed by atoms with E-state index in [4.69, 9.17) is 15.2 Å². The van der Waals surface area contributed by atoms with Crippen LogP contribution in [0.25, 0.3) is 0 Å². The Hall–Kier alpha value is -3.41. The van der Waals surface area contributed by atoms with Gasteiger partial charge in [-0.25, -0.2) is 9.36 Å². The predicted molar refractivity (Wildman–Crippen MR) is 110 cm³/mol. The van der Waals surface area contributed by atoms with Gasteiger partial charge >= 0.3 is 5.97 Å². The fourth-order valence-electron chi connectivity index (χ4n) is 4.29. The van der Waals surface area contributed by atoms with Crippen molar-refractivity contribution in [2.45, 2.75) is 31.6 Å². The van der Waals surface area contributed by atoms with Gasteiger partial charge in [0.25, 0.3) is 0 Å². The van der Waals surface area contributed by atoms with E-state index in [0.717, 1.165) is 11.1 Å². The third-order valence-corrected chi connectivity index (χ3v) is 5.60. The fourth-order valence-corrected chi connectivity index (χ4v) is 4.29. The Bertz CT molecular complexity index is 1060. The smallest absolute Gasteiger partial charge is 0.340 e. The topological polar surface area (TPSA) is 82.5 Å². The lowest BCUT2D eigenvalue weighted by molar-refractivity contribution is -0.671. The summed E-state index contributed by atoms with van der Waals surface area (Å²) in [6.07, 6.45) is 4.70. The number of Topliss-reactive ketones (excluding diaryl/α,β-unsaturated/α-hetero) is 1. The maximum atomic E-state index is 13.4. The summed E-state index contributed by atoms with van der Waals surface area (Å²) in [5.74, 6) is -0.634. The molecular weight excluding hydrogens is 380 g/mol. The maximum absolute atomic E-state index is 13.4. The summed E-state index contributed by atoms with van der Waals surface area (Å²) in [6.45, 7) is 1.94. The van der Waals surface area contributed by atoms with Gasteiger partial charge in [-0.05, 0) is 24.5 Å². The zero-order valence-electron chi connectivity index (χ0n) is 17.1. The van der Waals surface area contributed by atoms with Gasteiger partial charge in [-0.2, -0.15) is 0 Å². The Morgan fingerprint density at radius 2 is 1.90 bits per heavy atom. The summed E-state index contributed by atoms with van der Waals surface area (Å²) in [6, 6.07) is 13.7. The molecular formula is C24H25N2O4+. The van der Waals surface area contributed by atoms with Crippen molar-refractivity contribution in [3.63, 3.8) is 0 Å². The van der Waals surface area contributed by atoms with Gasteiger partial charge in [0.05, 0.1) is 12.5 Å². The molecule has 0 saturated heterocycles. The van der Waals surface area contributed by atoms with Crippen molar-refractivity contribution >= 4 is 11.8 Å². The molecule has 1 aromatic carbocycles. The van der Waals surface area contributed by atoms with Gasteiger partial charge in [0.15, 0.2) is 18.2 Å². The summed E-state index contributed by atoms with van der Waals surface area (Å²) in [5.41, 5.74) is 8.80. The second-order valence-corrected chi connectivity index (χ2v) is 7.61. The first-order valence-electron chi connectivity index (χ1n) is 10.1. The van der Waals surface area contributed by atoms with Crippen LogP contribution in [0, 0.1) is 0 Å². The minimum Gasteiger partial charge on any atom is -0.462 e. The largest absolute Gasteiger partial charge is 0.462 e. The van der Waals surface area contributed by atoms with Crippen molar-refractivity contribution in [3.05, 3.63) is 88.8 Å². The zero-order chi connectivity index (χ0) is 21.3. The third kappa shape index (κ3) is 3.61. The molecule has 0 radical (unpaired) electrons. The fraction of sp³-hybridized carbons (Fsp3) is 0.292. The molecule has 30 heavy (non-hydrogen) atoms. The van der Waals surface area contributed by atoms with E-state index in [9.17, 15) is 9.59 Å². The number of ether oxygens (including phenoxy) is 2. The minimum atomic E-state index is -0.607. The van der Waals surface area contributed by atoms with E-state index >= 15 is 0 Å². The van der Waals surface area contributed by atoms with Crippen LogP contribution in [0.3, 0.4) is 0 Å². The van der Waals surface area contributed by atoms with Crippen LogP contribution in [0.15, 0.2) is 77.6 Å². The highest BCUT2D eigenvalue weighted by molar-refractivity contribution is 6.03. The number of pyridine rings is 1. The first-order valence-corrected chi connectivity index (χ1v) is 10.1. The Morgan fingerprint density at radius 3 is 2.60 bits per heavy atom. The van der Waals surface area contributed by atoms with Crippen LogP contribution < -0.4 is 10.3 Å². The van der Waals surface area contributed by atoms with Gasteiger partial charge in [0.2, 0.25) is 5.88 Å². The van der Waals surface area contributed by atoms with Crippen LogP contribution in [-0.2, 0) is 26.1 Å². The van der Waals surface area contributed by atoms with E-state index < -0.39 is 11.9 Å². The number of hydrogen-bond acceptors (Lipinski definition) is 5. The van der Waals surface area contributed by atoms with E-state index in [-0.39, 0.29) is 29.8 Å². The monoisotopic (exact) mass is 405 g/mol. The van der Waals surface area contributed by atoms with Crippen molar-refractivity contribution in [1.29, 1.82) is 0 Å². The first-order chi connectivity index (χ1) is 14.5. The standard InChI is InChI=1S/C24H24N2O4/c1-3-29-24(28)22-20(16-10-7-11-26(2)14-16)21-18(27)12-17(13-19(21)30-23(22)25)15-8-5-4-6-9-15/h4-11,14,17,20H,3,12-13H2,1-2H3,(H-,25,28)/p+1. The zero-order valence-corrected chi connectivity index (χ0v) is 17.1. The molecule has 4 rings (SSSR count). The number of carbonyl (C=O) groups excluding carboxylic acids is 2. The molecule has 0 spiro atoms. The molecule has 6 nitrogen and oxygen atoms in total.